The number of ether oxygens (including phenoxy) is 1. The molecule has 1 fully saturated rings. The molecule has 2 aromatic rings. The van der Waals surface area contributed by atoms with Gasteiger partial charge in [-0.1, -0.05) is 5.16 Å². The van der Waals surface area contributed by atoms with Crippen LogP contribution in [0.2, 0.25) is 0 Å². The molecule has 2 aromatic heterocycles. The van der Waals surface area contributed by atoms with E-state index in [2.05, 4.69) is 19.6 Å². The van der Waals surface area contributed by atoms with Crippen LogP contribution >= 0.6 is 11.3 Å². The molecular formula is C12H12F3N3O2S. The van der Waals surface area contributed by atoms with Crippen molar-refractivity contribution < 1.29 is 22.4 Å². The average molecular weight is 319 g/mol. The maximum atomic E-state index is 12.4. The Labute approximate surface area is 122 Å². The third kappa shape index (κ3) is 3.42. The van der Waals surface area contributed by atoms with E-state index in [-0.39, 0.29) is 5.82 Å². The standard InChI is InChI=1S/C12H12F3N3O2S/c13-12(14,15)11-16-10(17-20-11)9-2-1-8(21-9)7-18-3-5-19-6-4-18/h1-2H,3-7H2. The van der Waals surface area contributed by atoms with Gasteiger partial charge in [-0.2, -0.15) is 18.2 Å². The number of hydrogen-bond donors (Lipinski definition) is 0. The van der Waals surface area contributed by atoms with Crippen LogP contribution in [-0.4, -0.2) is 41.3 Å². The molecule has 0 aliphatic carbocycles. The fourth-order valence-electron chi connectivity index (χ4n) is 2.00. The summed E-state index contributed by atoms with van der Waals surface area (Å²) >= 11 is 1.37. The molecule has 0 aromatic carbocycles. The maximum absolute atomic E-state index is 12.4. The van der Waals surface area contributed by atoms with Crippen molar-refractivity contribution in [3.8, 4) is 10.7 Å². The zero-order valence-electron chi connectivity index (χ0n) is 10.9. The van der Waals surface area contributed by atoms with Crippen molar-refractivity contribution in [3.05, 3.63) is 22.9 Å². The van der Waals surface area contributed by atoms with Gasteiger partial charge in [0.25, 0.3) is 0 Å². The van der Waals surface area contributed by atoms with Crippen molar-refractivity contribution in [2.75, 3.05) is 26.3 Å². The minimum absolute atomic E-state index is 0.0273. The molecule has 3 heterocycles. The number of hydrogen-bond acceptors (Lipinski definition) is 6. The molecule has 1 saturated heterocycles. The van der Waals surface area contributed by atoms with Gasteiger partial charge in [-0.25, -0.2) is 0 Å². The van der Waals surface area contributed by atoms with Gasteiger partial charge in [0.2, 0.25) is 5.82 Å². The molecular weight excluding hydrogens is 307 g/mol. The van der Waals surface area contributed by atoms with Crippen molar-refractivity contribution in [2.24, 2.45) is 0 Å². The second-order valence-electron chi connectivity index (χ2n) is 4.58. The molecule has 0 saturated carbocycles. The second-order valence-corrected chi connectivity index (χ2v) is 5.74. The molecule has 1 aliphatic heterocycles. The summed E-state index contributed by atoms with van der Waals surface area (Å²) < 4.78 is 46.8. The zero-order chi connectivity index (χ0) is 14.9. The third-order valence-corrected chi connectivity index (χ3v) is 4.10. The van der Waals surface area contributed by atoms with Crippen LogP contribution in [0.15, 0.2) is 16.7 Å². The summed E-state index contributed by atoms with van der Waals surface area (Å²) in [5.74, 6) is -1.35. The first-order valence-corrected chi connectivity index (χ1v) is 7.14. The molecule has 21 heavy (non-hydrogen) atoms. The highest BCUT2D eigenvalue weighted by atomic mass is 32.1. The quantitative estimate of drug-likeness (QED) is 0.870. The number of alkyl halides is 3. The first-order valence-electron chi connectivity index (χ1n) is 6.32. The molecule has 0 spiro atoms. The predicted octanol–water partition coefficient (Wildman–Crippen LogP) is 2.65. The Hall–Kier alpha value is -1.45. The van der Waals surface area contributed by atoms with Crippen LogP contribution in [0.5, 0.6) is 0 Å². The maximum Gasteiger partial charge on any atom is 0.471 e. The lowest BCUT2D eigenvalue weighted by Crippen LogP contribution is -2.35. The van der Waals surface area contributed by atoms with Gasteiger partial charge in [0.05, 0.1) is 18.1 Å². The molecule has 0 unspecified atom stereocenters. The predicted molar refractivity (Wildman–Crippen MR) is 68.7 cm³/mol. The number of halogens is 3. The smallest absolute Gasteiger partial charge is 0.379 e. The highest BCUT2D eigenvalue weighted by molar-refractivity contribution is 7.15. The third-order valence-electron chi connectivity index (χ3n) is 3.03. The molecule has 5 nitrogen and oxygen atoms in total. The summed E-state index contributed by atoms with van der Waals surface area (Å²) in [5.41, 5.74) is 0. The van der Waals surface area contributed by atoms with E-state index in [0.717, 1.165) is 24.5 Å². The highest BCUT2D eigenvalue weighted by Gasteiger charge is 2.38. The topological polar surface area (TPSA) is 51.4 Å². The Balaban J connectivity index is 1.71. The Kier molecular flexibility index (Phi) is 3.96. The van der Waals surface area contributed by atoms with Gasteiger partial charge < -0.3 is 9.26 Å². The first-order chi connectivity index (χ1) is 10.0. The van der Waals surface area contributed by atoms with Crippen molar-refractivity contribution in [3.63, 3.8) is 0 Å². The van der Waals surface area contributed by atoms with Gasteiger partial charge in [-0.3, -0.25) is 4.90 Å². The van der Waals surface area contributed by atoms with Crippen LogP contribution in [0, 0.1) is 0 Å². The van der Waals surface area contributed by atoms with E-state index in [1.165, 1.54) is 11.3 Å². The number of rotatable bonds is 3. The average Bonchev–Trinajstić information content (AvgIpc) is 3.07. The van der Waals surface area contributed by atoms with Crippen molar-refractivity contribution in [1.82, 2.24) is 15.0 Å². The molecule has 1 aliphatic rings. The lowest BCUT2D eigenvalue weighted by molar-refractivity contribution is -0.159. The van der Waals surface area contributed by atoms with Gasteiger partial charge in [-0.05, 0) is 12.1 Å². The molecule has 9 heteroatoms. The largest absolute Gasteiger partial charge is 0.471 e. The van der Waals surface area contributed by atoms with Gasteiger partial charge in [-0.15, -0.1) is 11.3 Å². The lowest BCUT2D eigenvalue weighted by Gasteiger charge is -2.25. The van der Waals surface area contributed by atoms with E-state index in [9.17, 15) is 13.2 Å². The zero-order valence-corrected chi connectivity index (χ0v) is 11.7. The number of morpholine rings is 1. The Bertz CT molecular complexity index is 605. The fraction of sp³-hybridized carbons (Fsp3) is 0.500. The van der Waals surface area contributed by atoms with E-state index in [4.69, 9.17) is 4.74 Å². The summed E-state index contributed by atoms with van der Waals surface area (Å²) in [5, 5.41) is 3.38. The molecule has 3 rings (SSSR count). The van der Waals surface area contributed by atoms with Crippen molar-refractivity contribution in [2.45, 2.75) is 12.7 Å². The van der Waals surface area contributed by atoms with Crippen LogP contribution < -0.4 is 0 Å². The van der Waals surface area contributed by atoms with Crippen LogP contribution in [0.1, 0.15) is 10.8 Å². The summed E-state index contributed by atoms with van der Waals surface area (Å²) in [6.07, 6.45) is -4.61. The molecule has 0 amide bonds. The van der Waals surface area contributed by atoms with E-state index in [0.29, 0.717) is 18.1 Å². The summed E-state index contributed by atoms with van der Waals surface area (Å²) in [7, 11) is 0. The molecule has 0 atom stereocenters. The summed E-state index contributed by atoms with van der Waals surface area (Å²) in [4.78, 5) is 7.23. The molecule has 0 bridgehead atoms. The van der Waals surface area contributed by atoms with E-state index in [1.54, 1.807) is 6.07 Å². The number of nitrogens with zero attached hydrogens (tertiary/aromatic N) is 3. The normalized spacial score (nSPS) is 17.3. The molecule has 0 N–H and O–H groups in total. The minimum Gasteiger partial charge on any atom is -0.379 e. The van der Waals surface area contributed by atoms with Crippen molar-refractivity contribution in [1.29, 1.82) is 0 Å². The fourth-order valence-corrected chi connectivity index (χ4v) is 2.98. The van der Waals surface area contributed by atoms with E-state index < -0.39 is 12.1 Å². The number of thiophene rings is 1. The Morgan fingerprint density at radius 3 is 2.67 bits per heavy atom. The summed E-state index contributed by atoms with van der Waals surface area (Å²) in [6, 6.07) is 3.59. The van der Waals surface area contributed by atoms with Crippen LogP contribution in [0.25, 0.3) is 10.7 Å². The van der Waals surface area contributed by atoms with Gasteiger partial charge in [0, 0.05) is 24.5 Å². The molecule has 0 radical (unpaired) electrons. The van der Waals surface area contributed by atoms with Gasteiger partial charge >= 0.3 is 12.1 Å². The first kappa shape index (κ1) is 14.5. The Morgan fingerprint density at radius 1 is 1.24 bits per heavy atom. The number of aromatic nitrogens is 2. The highest BCUT2D eigenvalue weighted by Crippen LogP contribution is 2.32. The lowest BCUT2D eigenvalue weighted by atomic mass is 10.3. The SMILES string of the molecule is FC(F)(F)c1nc(-c2ccc(CN3CCOCC3)s2)no1. The van der Waals surface area contributed by atoms with E-state index >= 15 is 0 Å². The van der Waals surface area contributed by atoms with Crippen molar-refractivity contribution >= 4 is 11.3 Å². The monoisotopic (exact) mass is 319 g/mol. The van der Waals surface area contributed by atoms with Crippen LogP contribution in [0.4, 0.5) is 13.2 Å². The minimum atomic E-state index is -4.61. The molecule has 114 valence electrons. The summed E-state index contributed by atoms with van der Waals surface area (Å²) in [6.45, 7) is 3.87. The van der Waals surface area contributed by atoms with Gasteiger partial charge in [0.1, 0.15) is 0 Å². The van der Waals surface area contributed by atoms with Crippen LogP contribution in [-0.2, 0) is 17.5 Å². The van der Waals surface area contributed by atoms with Gasteiger partial charge in [0.15, 0.2) is 0 Å². The van der Waals surface area contributed by atoms with Crippen LogP contribution in [0.3, 0.4) is 0 Å². The second kappa shape index (κ2) is 5.74. The Morgan fingerprint density at radius 2 is 2.00 bits per heavy atom. The van der Waals surface area contributed by atoms with E-state index in [1.807, 2.05) is 6.07 Å².